The summed E-state index contributed by atoms with van der Waals surface area (Å²) in [5, 5.41) is 22.0. The fraction of sp³-hybridized carbons (Fsp3) is 0.118. The largest absolute Gasteiger partial charge is 0.494 e. The molecule has 0 aliphatic heterocycles. The van der Waals surface area contributed by atoms with Crippen molar-refractivity contribution >= 4 is 29.0 Å². The van der Waals surface area contributed by atoms with Crippen LogP contribution >= 0.6 is 11.8 Å². The third kappa shape index (κ3) is 4.09. The Morgan fingerprint density at radius 3 is 2.71 bits per heavy atom. The molecule has 1 aromatic heterocycles. The van der Waals surface area contributed by atoms with Crippen molar-refractivity contribution in [3.8, 4) is 5.75 Å². The van der Waals surface area contributed by atoms with E-state index < -0.39 is 16.6 Å². The summed E-state index contributed by atoms with van der Waals surface area (Å²) < 4.78 is 20.2. The molecule has 0 radical (unpaired) electrons. The quantitative estimate of drug-likeness (QED) is 0.496. The fourth-order valence-corrected chi connectivity index (χ4v) is 3.15. The number of aromatic nitrogens is 3. The monoisotopic (exact) mass is 403 g/mol. The smallest absolute Gasteiger partial charge is 0.284 e. The zero-order valence-electron chi connectivity index (χ0n) is 14.7. The molecule has 3 rings (SSSR count). The van der Waals surface area contributed by atoms with Gasteiger partial charge in [-0.05, 0) is 36.0 Å². The minimum absolute atomic E-state index is 0.0405. The Hall–Kier alpha value is -3.47. The molecule has 1 heterocycles. The maximum Gasteiger partial charge on any atom is 0.284 e. The van der Waals surface area contributed by atoms with Crippen LogP contribution in [0.3, 0.4) is 0 Å². The normalized spacial score (nSPS) is 10.5. The van der Waals surface area contributed by atoms with Crippen molar-refractivity contribution in [2.45, 2.75) is 10.1 Å². The molecule has 0 saturated heterocycles. The molecule has 11 heteroatoms. The van der Waals surface area contributed by atoms with E-state index in [0.717, 1.165) is 23.9 Å². The van der Waals surface area contributed by atoms with E-state index >= 15 is 0 Å². The van der Waals surface area contributed by atoms with Gasteiger partial charge < -0.3 is 14.6 Å². The van der Waals surface area contributed by atoms with Gasteiger partial charge in [-0.1, -0.05) is 0 Å². The number of halogens is 1. The van der Waals surface area contributed by atoms with Crippen molar-refractivity contribution < 1.29 is 18.8 Å². The van der Waals surface area contributed by atoms with Crippen molar-refractivity contribution in [3.05, 3.63) is 64.2 Å². The molecule has 0 fully saturated rings. The molecule has 0 atom stereocenters. The van der Waals surface area contributed by atoms with Gasteiger partial charge in [0.05, 0.1) is 16.9 Å². The number of methoxy groups -OCH3 is 1. The maximum absolute atomic E-state index is 13.8. The Morgan fingerprint density at radius 2 is 2.11 bits per heavy atom. The number of nitro groups is 1. The number of carbonyl (C=O) groups is 1. The minimum atomic E-state index is -0.637. The standard InChI is InChI=1S/C17H14FN5O4S/c1-22-9-19-21-17(22)28-15-6-3-10(7-13(15)23(25)26)16(24)20-11-4-5-14(27-2)12(18)8-11/h3-9H,1-2H3,(H,20,24). The van der Waals surface area contributed by atoms with Crippen molar-refractivity contribution in [1.29, 1.82) is 0 Å². The van der Waals surface area contributed by atoms with Gasteiger partial charge in [0.2, 0.25) is 0 Å². The summed E-state index contributed by atoms with van der Waals surface area (Å²) in [7, 11) is 3.04. The molecule has 0 bridgehead atoms. The number of amides is 1. The average Bonchev–Trinajstić information content (AvgIpc) is 3.06. The highest BCUT2D eigenvalue weighted by Crippen LogP contribution is 2.34. The molecule has 28 heavy (non-hydrogen) atoms. The SMILES string of the molecule is COc1ccc(NC(=O)c2ccc(Sc3nncn3C)c([N+](=O)[O-])c2)cc1F. The van der Waals surface area contributed by atoms with E-state index in [2.05, 4.69) is 15.5 Å². The Kier molecular flexibility index (Phi) is 5.54. The summed E-state index contributed by atoms with van der Waals surface area (Å²) in [6, 6.07) is 8.00. The van der Waals surface area contributed by atoms with Crippen LogP contribution < -0.4 is 10.1 Å². The van der Waals surface area contributed by atoms with E-state index in [0.29, 0.717) is 10.1 Å². The zero-order valence-corrected chi connectivity index (χ0v) is 15.6. The van der Waals surface area contributed by atoms with Crippen molar-refractivity contribution in [2.75, 3.05) is 12.4 Å². The lowest BCUT2D eigenvalue weighted by molar-refractivity contribution is -0.387. The molecular formula is C17H14FN5O4S. The first-order valence-corrected chi connectivity index (χ1v) is 8.66. The van der Waals surface area contributed by atoms with E-state index in [4.69, 9.17) is 4.74 Å². The molecule has 9 nitrogen and oxygen atoms in total. The van der Waals surface area contributed by atoms with Crippen LogP contribution in [0, 0.1) is 15.9 Å². The van der Waals surface area contributed by atoms with E-state index in [1.165, 1.54) is 37.7 Å². The Morgan fingerprint density at radius 1 is 1.32 bits per heavy atom. The van der Waals surface area contributed by atoms with Crippen LogP contribution in [0.1, 0.15) is 10.4 Å². The van der Waals surface area contributed by atoms with Gasteiger partial charge in [-0.25, -0.2) is 4.39 Å². The van der Waals surface area contributed by atoms with Crippen molar-refractivity contribution in [3.63, 3.8) is 0 Å². The number of benzene rings is 2. The topological polar surface area (TPSA) is 112 Å². The average molecular weight is 403 g/mol. The second-order valence-corrected chi connectivity index (χ2v) is 6.58. The first-order chi connectivity index (χ1) is 13.4. The van der Waals surface area contributed by atoms with Gasteiger partial charge >= 0.3 is 0 Å². The predicted octanol–water partition coefficient (Wildman–Crippen LogP) is 3.27. The van der Waals surface area contributed by atoms with Crippen molar-refractivity contribution in [2.24, 2.45) is 7.05 Å². The van der Waals surface area contributed by atoms with Crippen LogP contribution in [-0.4, -0.2) is 32.7 Å². The van der Waals surface area contributed by atoms with Crippen LogP contribution in [0.25, 0.3) is 0 Å². The fourth-order valence-electron chi connectivity index (χ4n) is 2.30. The van der Waals surface area contributed by atoms with E-state index in [1.807, 2.05) is 0 Å². The van der Waals surface area contributed by atoms with Crippen LogP contribution in [0.2, 0.25) is 0 Å². The lowest BCUT2D eigenvalue weighted by atomic mass is 10.2. The Balaban J connectivity index is 1.84. The second kappa shape index (κ2) is 8.05. The van der Waals surface area contributed by atoms with Crippen LogP contribution in [0.4, 0.5) is 15.8 Å². The van der Waals surface area contributed by atoms with Gasteiger partial charge in [-0.2, -0.15) is 0 Å². The second-order valence-electron chi connectivity index (χ2n) is 5.57. The minimum Gasteiger partial charge on any atom is -0.494 e. The molecule has 0 spiro atoms. The zero-order chi connectivity index (χ0) is 20.3. The van der Waals surface area contributed by atoms with Crippen LogP contribution in [0.5, 0.6) is 5.75 Å². The molecule has 1 N–H and O–H groups in total. The highest BCUT2D eigenvalue weighted by molar-refractivity contribution is 7.99. The molecule has 2 aromatic carbocycles. The summed E-state index contributed by atoms with van der Waals surface area (Å²) in [6.45, 7) is 0. The molecule has 0 saturated carbocycles. The first kappa shape index (κ1) is 19.3. The Labute approximate surface area is 162 Å². The lowest BCUT2D eigenvalue weighted by Crippen LogP contribution is -2.12. The van der Waals surface area contributed by atoms with Gasteiger partial charge in [0.15, 0.2) is 16.7 Å². The lowest BCUT2D eigenvalue weighted by Gasteiger charge is -2.08. The van der Waals surface area contributed by atoms with Gasteiger partial charge in [0.25, 0.3) is 11.6 Å². The maximum atomic E-state index is 13.8. The number of hydrogen-bond donors (Lipinski definition) is 1. The van der Waals surface area contributed by atoms with Gasteiger partial charge in [-0.15, -0.1) is 10.2 Å². The third-order valence-corrected chi connectivity index (χ3v) is 4.82. The van der Waals surface area contributed by atoms with E-state index in [9.17, 15) is 19.3 Å². The van der Waals surface area contributed by atoms with Gasteiger partial charge in [0.1, 0.15) is 6.33 Å². The highest BCUT2D eigenvalue weighted by Gasteiger charge is 2.20. The molecule has 1 amide bonds. The van der Waals surface area contributed by atoms with Crippen molar-refractivity contribution in [1.82, 2.24) is 14.8 Å². The molecule has 0 unspecified atom stereocenters. The number of carbonyl (C=O) groups excluding carboxylic acids is 1. The number of ether oxygens (including phenoxy) is 1. The number of rotatable bonds is 6. The van der Waals surface area contributed by atoms with Gasteiger partial charge in [0, 0.05) is 30.4 Å². The number of nitrogens with zero attached hydrogens (tertiary/aromatic N) is 4. The molecule has 3 aromatic rings. The predicted molar refractivity (Wildman–Crippen MR) is 99.1 cm³/mol. The van der Waals surface area contributed by atoms with E-state index in [1.54, 1.807) is 11.6 Å². The number of aryl methyl sites for hydroxylation is 1. The number of hydrogen-bond acceptors (Lipinski definition) is 7. The van der Waals surface area contributed by atoms with Crippen LogP contribution in [0.15, 0.2) is 52.8 Å². The first-order valence-electron chi connectivity index (χ1n) is 7.84. The molecule has 144 valence electrons. The summed E-state index contributed by atoms with van der Waals surface area (Å²) in [5.74, 6) is -1.21. The highest BCUT2D eigenvalue weighted by atomic mass is 32.2. The number of nitro benzene ring substituents is 1. The molecule has 0 aliphatic carbocycles. The summed E-state index contributed by atoms with van der Waals surface area (Å²) in [4.78, 5) is 23.6. The van der Waals surface area contributed by atoms with Crippen LogP contribution in [-0.2, 0) is 7.05 Å². The third-order valence-electron chi connectivity index (χ3n) is 3.70. The summed E-state index contributed by atoms with van der Waals surface area (Å²) >= 11 is 1.06. The summed E-state index contributed by atoms with van der Waals surface area (Å²) in [5.41, 5.74) is 0.00953. The van der Waals surface area contributed by atoms with E-state index in [-0.39, 0.29) is 22.7 Å². The number of nitrogens with one attached hydrogen (secondary N) is 1. The number of anilines is 1. The van der Waals surface area contributed by atoms with Gasteiger partial charge in [-0.3, -0.25) is 14.9 Å². The summed E-state index contributed by atoms with van der Waals surface area (Å²) in [6.07, 6.45) is 1.48. The molecular weight excluding hydrogens is 389 g/mol. The molecule has 0 aliphatic rings. The Bertz CT molecular complexity index is 1060.